The molecule has 0 aliphatic heterocycles. The number of hydrogen-bond acceptors (Lipinski definition) is 6. The molecular formula is C14H16N4O3. The van der Waals surface area contributed by atoms with Gasteiger partial charge < -0.3 is 20.3 Å². The van der Waals surface area contributed by atoms with Gasteiger partial charge in [0.2, 0.25) is 0 Å². The molecule has 1 aromatic heterocycles. The fraction of sp³-hybridized carbons (Fsp3) is 0.214. The zero-order valence-corrected chi connectivity index (χ0v) is 11.8. The van der Waals surface area contributed by atoms with Crippen LogP contribution in [0.25, 0.3) is 0 Å². The predicted octanol–water partition coefficient (Wildman–Crippen LogP) is 1.36. The van der Waals surface area contributed by atoms with E-state index in [-0.39, 0.29) is 18.5 Å². The van der Waals surface area contributed by atoms with Crippen molar-refractivity contribution in [3.63, 3.8) is 0 Å². The minimum absolute atomic E-state index is 0.0789. The molecule has 110 valence electrons. The van der Waals surface area contributed by atoms with E-state index in [0.717, 1.165) is 0 Å². The Labute approximate surface area is 121 Å². The lowest BCUT2D eigenvalue weighted by Crippen LogP contribution is -2.14. The second-order valence-corrected chi connectivity index (χ2v) is 4.34. The molecule has 2 aromatic rings. The number of ether oxygens (including phenoxy) is 2. The maximum atomic E-state index is 9.11. The highest BCUT2D eigenvalue weighted by molar-refractivity contribution is 5.93. The lowest BCUT2D eigenvalue weighted by molar-refractivity contribution is 0.280. The highest BCUT2D eigenvalue weighted by atomic mass is 16.5. The Kier molecular flexibility index (Phi) is 4.34. The average molecular weight is 288 g/mol. The third-order valence-corrected chi connectivity index (χ3v) is 2.72. The maximum absolute atomic E-state index is 9.11. The van der Waals surface area contributed by atoms with E-state index in [0.29, 0.717) is 28.5 Å². The summed E-state index contributed by atoms with van der Waals surface area (Å²) >= 11 is 0. The van der Waals surface area contributed by atoms with Gasteiger partial charge in [0, 0.05) is 5.69 Å². The standard InChI is InChI=1S/C14H16N4O3/c1-8-5-10(13(15)16)18-14(17-8)21-11-4-3-9(7-19)6-12(11)20-2/h3-6,19H,7H2,1-2H3,(H3,15,16). The molecule has 0 aliphatic carbocycles. The number of nitrogen functional groups attached to an aromatic ring is 1. The molecule has 1 aromatic carbocycles. The van der Waals surface area contributed by atoms with Gasteiger partial charge in [-0.1, -0.05) is 6.07 Å². The van der Waals surface area contributed by atoms with Gasteiger partial charge in [0.1, 0.15) is 11.5 Å². The van der Waals surface area contributed by atoms with Crippen LogP contribution in [0.4, 0.5) is 0 Å². The number of hydrogen-bond donors (Lipinski definition) is 3. The fourth-order valence-corrected chi connectivity index (χ4v) is 1.72. The van der Waals surface area contributed by atoms with Crippen molar-refractivity contribution in [2.75, 3.05) is 7.11 Å². The summed E-state index contributed by atoms with van der Waals surface area (Å²) in [6, 6.07) is 6.71. The predicted molar refractivity (Wildman–Crippen MR) is 76.8 cm³/mol. The van der Waals surface area contributed by atoms with E-state index in [4.69, 9.17) is 25.7 Å². The lowest BCUT2D eigenvalue weighted by atomic mass is 10.2. The molecule has 0 bridgehead atoms. The van der Waals surface area contributed by atoms with Crippen LogP contribution in [-0.2, 0) is 6.61 Å². The van der Waals surface area contributed by atoms with Gasteiger partial charge in [-0.25, -0.2) is 4.98 Å². The van der Waals surface area contributed by atoms with Crippen molar-refractivity contribution >= 4 is 5.84 Å². The van der Waals surface area contributed by atoms with Crippen LogP contribution < -0.4 is 15.2 Å². The van der Waals surface area contributed by atoms with Crippen molar-refractivity contribution in [2.24, 2.45) is 5.73 Å². The minimum atomic E-state index is -0.159. The summed E-state index contributed by atoms with van der Waals surface area (Å²) in [4.78, 5) is 8.20. The third kappa shape index (κ3) is 3.46. The fourth-order valence-electron chi connectivity index (χ4n) is 1.72. The Morgan fingerprint density at radius 2 is 2.05 bits per heavy atom. The molecule has 0 atom stereocenters. The molecule has 0 amide bonds. The molecule has 7 nitrogen and oxygen atoms in total. The normalized spacial score (nSPS) is 10.2. The smallest absolute Gasteiger partial charge is 0.322 e. The van der Waals surface area contributed by atoms with Crippen LogP contribution in [-0.4, -0.2) is 28.0 Å². The van der Waals surface area contributed by atoms with Gasteiger partial charge in [-0.05, 0) is 30.7 Å². The van der Waals surface area contributed by atoms with Crippen molar-refractivity contribution in [2.45, 2.75) is 13.5 Å². The number of benzene rings is 1. The first-order valence-corrected chi connectivity index (χ1v) is 6.19. The number of nitrogens with one attached hydrogen (secondary N) is 1. The number of aliphatic hydroxyl groups is 1. The molecule has 7 heteroatoms. The zero-order valence-electron chi connectivity index (χ0n) is 11.8. The first-order chi connectivity index (χ1) is 10.0. The zero-order chi connectivity index (χ0) is 15.4. The Balaban J connectivity index is 2.35. The van der Waals surface area contributed by atoms with E-state index in [1.54, 1.807) is 31.2 Å². The van der Waals surface area contributed by atoms with Gasteiger partial charge in [0.25, 0.3) is 0 Å². The number of amidine groups is 1. The highest BCUT2D eigenvalue weighted by Gasteiger charge is 2.11. The molecule has 0 unspecified atom stereocenters. The minimum Gasteiger partial charge on any atom is -0.493 e. The third-order valence-electron chi connectivity index (χ3n) is 2.72. The molecule has 0 spiro atoms. The second-order valence-electron chi connectivity index (χ2n) is 4.34. The summed E-state index contributed by atoms with van der Waals surface area (Å²) in [6.45, 7) is 1.67. The van der Waals surface area contributed by atoms with E-state index >= 15 is 0 Å². The molecule has 1 heterocycles. The number of nitrogens with zero attached hydrogens (tertiary/aromatic N) is 2. The molecule has 0 aliphatic rings. The van der Waals surface area contributed by atoms with Gasteiger partial charge >= 0.3 is 6.01 Å². The largest absolute Gasteiger partial charge is 0.493 e. The maximum Gasteiger partial charge on any atom is 0.322 e. The van der Waals surface area contributed by atoms with E-state index in [9.17, 15) is 0 Å². The van der Waals surface area contributed by atoms with Crippen molar-refractivity contribution in [3.05, 3.63) is 41.2 Å². The van der Waals surface area contributed by atoms with E-state index in [1.807, 2.05) is 0 Å². The number of nitrogens with two attached hydrogens (primary N) is 1. The van der Waals surface area contributed by atoms with Crippen LogP contribution in [0.2, 0.25) is 0 Å². The summed E-state index contributed by atoms with van der Waals surface area (Å²) in [5.74, 6) is 0.707. The molecular weight excluding hydrogens is 272 g/mol. The van der Waals surface area contributed by atoms with Crippen LogP contribution >= 0.6 is 0 Å². The average Bonchev–Trinajstić information content (AvgIpc) is 2.47. The molecule has 0 saturated carbocycles. The van der Waals surface area contributed by atoms with Crippen molar-refractivity contribution in [3.8, 4) is 17.5 Å². The highest BCUT2D eigenvalue weighted by Crippen LogP contribution is 2.31. The van der Waals surface area contributed by atoms with Crippen LogP contribution in [0.3, 0.4) is 0 Å². The molecule has 4 N–H and O–H groups in total. The molecule has 2 rings (SSSR count). The number of methoxy groups -OCH3 is 1. The van der Waals surface area contributed by atoms with Crippen LogP contribution in [0.1, 0.15) is 17.0 Å². The first-order valence-electron chi connectivity index (χ1n) is 6.19. The molecule has 0 fully saturated rings. The summed E-state index contributed by atoms with van der Waals surface area (Å²) in [6.07, 6.45) is 0. The van der Waals surface area contributed by atoms with Gasteiger partial charge in [-0.2, -0.15) is 4.98 Å². The molecule has 21 heavy (non-hydrogen) atoms. The van der Waals surface area contributed by atoms with Gasteiger partial charge in [0.15, 0.2) is 11.5 Å². The van der Waals surface area contributed by atoms with Gasteiger partial charge in [-0.3, -0.25) is 5.41 Å². The Bertz CT molecular complexity index is 673. The summed E-state index contributed by atoms with van der Waals surface area (Å²) in [5.41, 5.74) is 7.06. The molecule has 0 radical (unpaired) electrons. The monoisotopic (exact) mass is 288 g/mol. The Morgan fingerprint density at radius 3 is 2.67 bits per heavy atom. The van der Waals surface area contributed by atoms with Gasteiger partial charge in [0.05, 0.1) is 13.7 Å². The number of rotatable bonds is 5. The summed E-state index contributed by atoms with van der Waals surface area (Å²) in [5, 5.41) is 16.5. The van der Waals surface area contributed by atoms with Crippen molar-refractivity contribution in [1.82, 2.24) is 9.97 Å². The Hall–Kier alpha value is -2.67. The topological polar surface area (TPSA) is 114 Å². The van der Waals surface area contributed by atoms with Crippen LogP contribution in [0, 0.1) is 12.3 Å². The number of aromatic nitrogens is 2. The SMILES string of the molecule is COc1cc(CO)ccc1Oc1nc(C)cc(C(=N)N)n1. The van der Waals surface area contributed by atoms with E-state index < -0.39 is 0 Å². The lowest BCUT2D eigenvalue weighted by Gasteiger charge is -2.11. The summed E-state index contributed by atoms with van der Waals surface area (Å²) < 4.78 is 10.8. The number of aryl methyl sites for hydroxylation is 1. The van der Waals surface area contributed by atoms with Gasteiger partial charge in [-0.15, -0.1) is 0 Å². The van der Waals surface area contributed by atoms with Crippen molar-refractivity contribution < 1.29 is 14.6 Å². The molecule has 0 saturated heterocycles. The van der Waals surface area contributed by atoms with E-state index in [2.05, 4.69) is 9.97 Å². The number of aliphatic hydroxyl groups excluding tert-OH is 1. The van der Waals surface area contributed by atoms with Crippen LogP contribution in [0.5, 0.6) is 17.5 Å². The van der Waals surface area contributed by atoms with E-state index in [1.165, 1.54) is 7.11 Å². The van der Waals surface area contributed by atoms with Crippen LogP contribution in [0.15, 0.2) is 24.3 Å². The quantitative estimate of drug-likeness (QED) is 0.565. The summed E-state index contributed by atoms with van der Waals surface area (Å²) in [7, 11) is 1.50. The second kappa shape index (κ2) is 6.19. The Morgan fingerprint density at radius 1 is 1.29 bits per heavy atom. The first kappa shape index (κ1) is 14.7. The van der Waals surface area contributed by atoms with Crippen molar-refractivity contribution in [1.29, 1.82) is 5.41 Å².